The number of hydrogen-bond acceptors (Lipinski definition) is 4. The molecule has 29 heavy (non-hydrogen) atoms. The second kappa shape index (κ2) is 7.52. The first-order valence-corrected chi connectivity index (χ1v) is 9.51. The third kappa shape index (κ3) is 3.40. The minimum absolute atomic E-state index is 0.153. The molecule has 3 aromatic rings. The largest absolute Gasteiger partial charge is 0.496 e. The maximum absolute atomic E-state index is 13.1. The molecule has 1 N–H and O–H groups in total. The van der Waals surface area contributed by atoms with Gasteiger partial charge in [-0.15, -0.1) is 0 Å². The third-order valence-electron chi connectivity index (χ3n) is 4.61. The number of anilines is 1. The highest BCUT2D eigenvalue weighted by Crippen LogP contribution is 2.31. The summed E-state index contributed by atoms with van der Waals surface area (Å²) in [6, 6.07) is 17.2. The van der Waals surface area contributed by atoms with Crippen molar-refractivity contribution in [3.8, 4) is 5.75 Å². The van der Waals surface area contributed by atoms with Gasteiger partial charge in [0.1, 0.15) is 11.3 Å². The second-order valence-corrected chi connectivity index (χ2v) is 7.26. The molecule has 4 rings (SSSR count). The van der Waals surface area contributed by atoms with Crippen LogP contribution >= 0.6 is 15.9 Å². The van der Waals surface area contributed by atoms with Crippen molar-refractivity contribution in [2.45, 2.75) is 0 Å². The molecule has 0 spiro atoms. The van der Waals surface area contributed by atoms with E-state index in [0.717, 1.165) is 15.7 Å². The van der Waals surface area contributed by atoms with E-state index in [-0.39, 0.29) is 5.57 Å². The predicted molar refractivity (Wildman–Crippen MR) is 114 cm³/mol. The van der Waals surface area contributed by atoms with Gasteiger partial charge >= 0.3 is 6.03 Å². The molecule has 4 amide bonds. The summed E-state index contributed by atoms with van der Waals surface area (Å²) in [6.45, 7) is 0. The maximum atomic E-state index is 13.1. The average molecular weight is 451 g/mol. The molecule has 3 aromatic carbocycles. The normalized spacial score (nSPS) is 15.7. The number of imide groups is 2. The molecule has 0 saturated carbocycles. The minimum Gasteiger partial charge on any atom is -0.496 e. The summed E-state index contributed by atoms with van der Waals surface area (Å²) in [4.78, 5) is 38.9. The van der Waals surface area contributed by atoms with Crippen LogP contribution in [-0.2, 0) is 9.59 Å². The Labute approximate surface area is 174 Å². The lowest BCUT2D eigenvalue weighted by Gasteiger charge is -2.26. The summed E-state index contributed by atoms with van der Waals surface area (Å²) in [7, 11) is 1.52. The van der Waals surface area contributed by atoms with Gasteiger partial charge in [0.25, 0.3) is 11.8 Å². The number of carbonyl (C=O) groups excluding carboxylic acids is 3. The van der Waals surface area contributed by atoms with E-state index >= 15 is 0 Å². The van der Waals surface area contributed by atoms with Crippen LogP contribution in [-0.4, -0.2) is 25.0 Å². The number of fused-ring (bicyclic) bond motifs is 1. The molecule has 0 unspecified atom stereocenters. The number of ether oxygens (including phenoxy) is 1. The Morgan fingerprint density at radius 1 is 1.00 bits per heavy atom. The van der Waals surface area contributed by atoms with E-state index in [1.165, 1.54) is 13.2 Å². The zero-order valence-corrected chi connectivity index (χ0v) is 16.9. The summed E-state index contributed by atoms with van der Waals surface area (Å²) in [5.41, 5.74) is 0.789. The molecule has 7 heteroatoms. The van der Waals surface area contributed by atoms with Gasteiger partial charge in [0.15, 0.2) is 0 Å². The van der Waals surface area contributed by atoms with E-state index in [2.05, 4.69) is 21.2 Å². The monoisotopic (exact) mass is 450 g/mol. The molecule has 1 aliphatic rings. The number of methoxy groups -OCH3 is 1. The molecule has 1 saturated heterocycles. The molecular weight excluding hydrogens is 436 g/mol. The van der Waals surface area contributed by atoms with Crippen molar-refractivity contribution in [1.82, 2.24) is 5.32 Å². The van der Waals surface area contributed by atoms with E-state index in [1.54, 1.807) is 30.3 Å². The summed E-state index contributed by atoms with van der Waals surface area (Å²) in [5.74, 6) is -0.934. The van der Waals surface area contributed by atoms with Crippen LogP contribution in [0.1, 0.15) is 5.56 Å². The Kier molecular flexibility index (Phi) is 4.90. The number of halogens is 1. The maximum Gasteiger partial charge on any atom is 0.335 e. The van der Waals surface area contributed by atoms with Crippen LogP contribution in [0, 0.1) is 0 Å². The van der Waals surface area contributed by atoms with E-state index in [1.807, 2.05) is 30.3 Å². The van der Waals surface area contributed by atoms with E-state index in [4.69, 9.17) is 4.74 Å². The lowest BCUT2D eigenvalue weighted by Crippen LogP contribution is -2.54. The molecular formula is C22H15BrN2O4. The standard InChI is InChI=1S/C22H15BrN2O4/c1-29-19-10-9-13-5-2-3-8-16(13)17(19)12-18-20(26)24-22(28)25(21(18)27)15-7-4-6-14(23)11-15/h2-12H,1H3,(H,24,26,28)/b18-12-. The molecule has 0 bridgehead atoms. The Bertz CT molecular complexity index is 1200. The number of nitrogens with one attached hydrogen (secondary N) is 1. The quantitative estimate of drug-likeness (QED) is 0.477. The molecule has 0 aromatic heterocycles. The molecule has 0 atom stereocenters. The van der Waals surface area contributed by atoms with Crippen LogP contribution in [0.4, 0.5) is 10.5 Å². The first kappa shape index (κ1) is 18.9. The Morgan fingerprint density at radius 2 is 1.79 bits per heavy atom. The Hall–Kier alpha value is -3.45. The fourth-order valence-corrected chi connectivity index (χ4v) is 3.64. The lowest BCUT2D eigenvalue weighted by molar-refractivity contribution is -0.122. The number of urea groups is 1. The fraction of sp³-hybridized carbons (Fsp3) is 0.0455. The van der Waals surface area contributed by atoms with Crippen molar-refractivity contribution in [2.24, 2.45) is 0 Å². The SMILES string of the molecule is COc1ccc2ccccc2c1/C=C1/C(=O)NC(=O)N(c2cccc(Br)c2)C1=O. The van der Waals surface area contributed by atoms with Crippen molar-refractivity contribution < 1.29 is 19.1 Å². The van der Waals surface area contributed by atoms with E-state index in [0.29, 0.717) is 21.5 Å². The van der Waals surface area contributed by atoms with Crippen LogP contribution in [0.5, 0.6) is 5.75 Å². The second-order valence-electron chi connectivity index (χ2n) is 6.34. The molecule has 144 valence electrons. The molecule has 1 aliphatic heterocycles. The minimum atomic E-state index is -0.792. The van der Waals surface area contributed by atoms with Crippen molar-refractivity contribution in [1.29, 1.82) is 0 Å². The number of hydrogen-bond donors (Lipinski definition) is 1. The van der Waals surface area contributed by atoms with Gasteiger partial charge in [-0.3, -0.25) is 14.9 Å². The molecule has 1 heterocycles. The van der Waals surface area contributed by atoms with Gasteiger partial charge in [-0.2, -0.15) is 0 Å². The van der Waals surface area contributed by atoms with Gasteiger partial charge in [-0.1, -0.05) is 52.3 Å². The smallest absolute Gasteiger partial charge is 0.335 e. The van der Waals surface area contributed by atoms with Gasteiger partial charge in [0, 0.05) is 10.0 Å². The number of benzene rings is 3. The Morgan fingerprint density at radius 3 is 2.55 bits per heavy atom. The van der Waals surface area contributed by atoms with Gasteiger partial charge < -0.3 is 4.74 Å². The summed E-state index contributed by atoms with van der Waals surface area (Å²) < 4.78 is 6.14. The number of barbiturate groups is 1. The van der Waals surface area contributed by atoms with Crippen molar-refractivity contribution >= 4 is 56.3 Å². The topological polar surface area (TPSA) is 75.7 Å². The van der Waals surface area contributed by atoms with Gasteiger partial charge in [0.05, 0.1) is 12.8 Å². The molecule has 0 aliphatic carbocycles. The van der Waals surface area contributed by atoms with Gasteiger partial charge in [-0.25, -0.2) is 9.69 Å². The van der Waals surface area contributed by atoms with E-state index < -0.39 is 17.8 Å². The number of rotatable bonds is 3. The molecule has 0 radical (unpaired) electrons. The van der Waals surface area contributed by atoms with Crippen LogP contribution < -0.4 is 15.0 Å². The van der Waals surface area contributed by atoms with Crippen molar-refractivity contribution in [3.63, 3.8) is 0 Å². The van der Waals surface area contributed by atoms with Crippen LogP contribution in [0.3, 0.4) is 0 Å². The average Bonchev–Trinajstić information content (AvgIpc) is 2.71. The number of amides is 4. The summed E-state index contributed by atoms with van der Waals surface area (Å²) in [6.07, 6.45) is 1.47. The van der Waals surface area contributed by atoms with Gasteiger partial charge in [0.2, 0.25) is 0 Å². The van der Waals surface area contributed by atoms with Crippen molar-refractivity contribution in [3.05, 3.63) is 76.3 Å². The predicted octanol–water partition coefficient (Wildman–Crippen LogP) is 4.28. The number of nitrogens with zero attached hydrogens (tertiary/aromatic N) is 1. The first-order chi connectivity index (χ1) is 14.0. The zero-order valence-electron chi connectivity index (χ0n) is 15.3. The zero-order chi connectivity index (χ0) is 20.5. The highest BCUT2D eigenvalue weighted by molar-refractivity contribution is 9.10. The summed E-state index contributed by atoms with van der Waals surface area (Å²) >= 11 is 3.33. The highest BCUT2D eigenvalue weighted by Gasteiger charge is 2.37. The van der Waals surface area contributed by atoms with E-state index in [9.17, 15) is 14.4 Å². The Balaban J connectivity index is 1.87. The summed E-state index contributed by atoms with van der Waals surface area (Å²) in [5, 5.41) is 4.00. The number of carbonyl (C=O) groups is 3. The third-order valence-corrected chi connectivity index (χ3v) is 5.10. The molecule has 6 nitrogen and oxygen atoms in total. The first-order valence-electron chi connectivity index (χ1n) is 8.72. The van der Waals surface area contributed by atoms with Gasteiger partial charge in [-0.05, 0) is 41.1 Å². The lowest BCUT2D eigenvalue weighted by atomic mass is 9.99. The highest BCUT2D eigenvalue weighted by atomic mass is 79.9. The van der Waals surface area contributed by atoms with Crippen LogP contribution in [0.25, 0.3) is 16.8 Å². The fourth-order valence-electron chi connectivity index (χ4n) is 3.25. The van der Waals surface area contributed by atoms with Crippen molar-refractivity contribution in [2.75, 3.05) is 12.0 Å². The van der Waals surface area contributed by atoms with Crippen LogP contribution in [0.15, 0.2) is 70.7 Å². The molecule has 1 fully saturated rings. The van der Waals surface area contributed by atoms with Crippen LogP contribution in [0.2, 0.25) is 0 Å².